The van der Waals surface area contributed by atoms with Crippen LogP contribution in [0.5, 0.6) is 0 Å². The number of ether oxygens (including phenoxy) is 1. The van der Waals surface area contributed by atoms with E-state index in [0.717, 1.165) is 19.7 Å². The highest BCUT2D eigenvalue weighted by atomic mass is 16.5. The van der Waals surface area contributed by atoms with Crippen LogP contribution in [0.2, 0.25) is 0 Å². The fourth-order valence-corrected chi connectivity index (χ4v) is 2.80. The number of hydrogen-bond acceptors (Lipinski definition) is 4. The van der Waals surface area contributed by atoms with E-state index in [1.54, 1.807) is 7.05 Å². The molecule has 2 fully saturated rings. The lowest BCUT2D eigenvalue weighted by atomic mass is 9.96. The molecule has 1 unspecified atom stereocenters. The minimum absolute atomic E-state index is 0.483. The van der Waals surface area contributed by atoms with Crippen LogP contribution in [0.25, 0.3) is 0 Å². The van der Waals surface area contributed by atoms with Gasteiger partial charge in [-0.3, -0.25) is 0 Å². The van der Waals surface area contributed by atoms with E-state index in [4.69, 9.17) is 4.74 Å². The Bertz CT molecular complexity index is 197. The summed E-state index contributed by atoms with van der Waals surface area (Å²) in [6.45, 7) is 5.21. The van der Waals surface area contributed by atoms with Crippen LogP contribution in [0.1, 0.15) is 25.7 Å². The van der Waals surface area contributed by atoms with E-state index in [2.05, 4.69) is 4.90 Å². The van der Waals surface area contributed by atoms with E-state index in [-0.39, 0.29) is 0 Å². The molecule has 0 saturated carbocycles. The van der Waals surface area contributed by atoms with Gasteiger partial charge in [-0.15, -0.1) is 0 Å². The zero-order valence-electron chi connectivity index (χ0n) is 10.3. The van der Waals surface area contributed by atoms with Crippen molar-refractivity contribution in [3.8, 4) is 0 Å². The second-order valence-electron chi connectivity index (χ2n) is 5.22. The van der Waals surface area contributed by atoms with Crippen LogP contribution in [0.15, 0.2) is 0 Å². The number of likely N-dealkylation sites (tertiary alicyclic amines) is 1. The van der Waals surface area contributed by atoms with Crippen molar-refractivity contribution < 1.29 is 9.94 Å². The Labute approximate surface area is 98.1 Å². The molecule has 2 aliphatic heterocycles. The Kier molecular flexibility index (Phi) is 4.58. The molecule has 4 nitrogen and oxygen atoms in total. The number of nitrogens with zero attached hydrogens (tertiary/aromatic N) is 2. The third kappa shape index (κ3) is 3.70. The maximum absolute atomic E-state index is 9.20. The van der Waals surface area contributed by atoms with Crippen LogP contribution in [-0.4, -0.2) is 61.1 Å². The van der Waals surface area contributed by atoms with Gasteiger partial charge in [0.1, 0.15) is 0 Å². The Morgan fingerprint density at radius 2 is 2.06 bits per heavy atom. The Balaban J connectivity index is 1.64. The predicted molar refractivity (Wildman–Crippen MR) is 62.6 cm³/mol. The minimum Gasteiger partial charge on any atom is -0.377 e. The third-order valence-corrected chi connectivity index (χ3v) is 3.72. The quantitative estimate of drug-likeness (QED) is 0.733. The first kappa shape index (κ1) is 12.3. The lowest BCUT2D eigenvalue weighted by Gasteiger charge is -2.33. The molecule has 16 heavy (non-hydrogen) atoms. The molecule has 0 radical (unpaired) electrons. The Morgan fingerprint density at radius 1 is 1.31 bits per heavy atom. The predicted octanol–water partition coefficient (Wildman–Crippen LogP) is 1.20. The molecular weight excluding hydrogens is 204 g/mol. The maximum atomic E-state index is 9.20. The van der Waals surface area contributed by atoms with Crippen LogP contribution in [0, 0.1) is 5.92 Å². The van der Waals surface area contributed by atoms with Crippen molar-refractivity contribution in [2.24, 2.45) is 5.92 Å². The molecule has 94 valence electrons. The molecule has 0 aliphatic carbocycles. The summed E-state index contributed by atoms with van der Waals surface area (Å²) in [5.41, 5.74) is 0. The molecule has 0 amide bonds. The van der Waals surface area contributed by atoms with E-state index in [0.29, 0.717) is 12.0 Å². The van der Waals surface area contributed by atoms with E-state index < -0.39 is 0 Å². The fourth-order valence-electron chi connectivity index (χ4n) is 2.80. The molecule has 0 bridgehead atoms. The summed E-state index contributed by atoms with van der Waals surface area (Å²) in [5.74, 6) is 0.663. The monoisotopic (exact) mass is 228 g/mol. The van der Waals surface area contributed by atoms with Crippen LogP contribution >= 0.6 is 0 Å². The van der Waals surface area contributed by atoms with E-state index in [1.807, 2.05) is 0 Å². The SMILES string of the molecule is CN(O)CC1CCN(CC2CCCO2)CC1. The fraction of sp³-hybridized carbons (Fsp3) is 1.00. The highest BCUT2D eigenvalue weighted by molar-refractivity contribution is 4.77. The Hall–Kier alpha value is -0.160. The number of rotatable bonds is 4. The van der Waals surface area contributed by atoms with Crippen molar-refractivity contribution in [2.45, 2.75) is 31.8 Å². The molecule has 2 rings (SSSR count). The summed E-state index contributed by atoms with van der Waals surface area (Å²) in [6.07, 6.45) is 5.36. The topological polar surface area (TPSA) is 35.9 Å². The van der Waals surface area contributed by atoms with E-state index in [1.165, 1.54) is 43.8 Å². The standard InChI is InChI=1S/C12H24N2O2/c1-13(15)9-11-4-6-14(7-5-11)10-12-3-2-8-16-12/h11-12,15H,2-10H2,1H3. The summed E-state index contributed by atoms with van der Waals surface area (Å²) in [4.78, 5) is 2.52. The van der Waals surface area contributed by atoms with Gasteiger partial charge in [0, 0.05) is 26.7 Å². The number of hydroxylamine groups is 2. The lowest BCUT2D eigenvalue weighted by molar-refractivity contribution is -0.0817. The van der Waals surface area contributed by atoms with Crippen LogP contribution in [0.4, 0.5) is 0 Å². The zero-order chi connectivity index (χ0) is 11.4. The highest BCUT2D eigenvalue weighted by Crippen LogP contribution is 2.20. The smallest absolute Gasteiger partial charge is 0.0702 e. The second kappa shape index (κ2) is 5.96. The summed E-state index contributed by atoms with van der Waals surface area (Å²) in [6, 6.07) is 0. The van der Waals surface area contributed by atoms with Gasteiger partial charge in [0.15, 0.2) is 0 Å². The van der Waals surface area contributed by atoms with Crippen molar-refractivity contribution >= 4 is 0 Å². The molecule has 4 heteroatoms. The van der Waals surface area contributed by atoms with Crippen molar-refractivity contribution in [1.29, 1.82) is 0 Å². The average Bonchev–Trinajstić information content (AvgIpc) is 2.73. The average molecular weight is 228 g/mol. The van der Waals surface area contributed by atoms with Crippen molar-refractivity contribution in [3.05, 3.63) is 0 Å². The van der Waals surface area contributed by atoms with Gasteiger partial charge in [-0.1, -0.05) is 0 Å². The van der Waals surface area contributed by atoms with Crippen LogP contribution < -0.4 is 0 Å². The van der Waals surface area contributed by atoms with Gasteiger partial charge in [-0.05, 0) is 44.7 Å². The largest absolute Gasteiger partial charge is 0.377 e. The van der Waals surface area contributed by atoms with Crippen LogP contribution in [-0.2, 0) is 4.74 Å². The molecule has 1 N–H and O–H groups in total. The molecule has 0 aromatic heterocycles. The Morgan fingerprint density at radius 3 is 2.62 bits per heavy atom. The molecule has 0 aromatic rings. The zero-order valence-corrected chi connectivity index (χ0v) is 10.3. The van der Waals surface area contributed by atoms with E-state index >= 15 is 0 Å². The van der Waals surface area contributed by atoms with Gasteiger partial charge in [0.25, 0.3) is 0 Å². The van der Waals surface area contributed by atoms with Gasteiger partial charge in [0.2, 0.25) is 0 Å². The third-order valence-electron chi connectivity index (χ3n) is 3.72. The molecule has 2 heterocycles. The second-order valence-corrected chi connectivity index (χ2v) is 5.22. The van der Waals surface area contributed by atoms with Gasteiger partial charge in [-0.25, -0.2) is 0 Å². The molecule has 0 spiro atoms. The summed E-state index contributed by atoms with van der Waals surface area (Å²) < 4.78 is 5.66. The van der Waals surface area contributed by atoms with Crippen LogP contribution in [0.3, 0.4) is 0 Å². The summed E-state index contributed by atoms with van der Waals surface area (Å²) >= 11 is 0. The van der Waals surface area contributed by atoms with Gasteiger partial charge < -0.3 is 14.8 Å². The number of piperidine rings is 1. The molecule has 2 saturated heterocycles. The number of hydrogen-bond donors (Lipinski definition) is 1. The molecule has 0 aromatic carbocycles. The first-order valence-electron chi connectivity index (χ1n) is 6.48. The summed E-state index contributed by atoms with van der Waals surface area (Å²) in [7, 11) is 1.73. The summed E-state index contributed by atoms with van der Waals surface area (Å²) in [5, 5.41) is 10.5. The lowest BCUT2D eigenvalue weighted by Crippen LogP contribution is -2.40. The molecule has 2 aliphatic rings. The normalized spacial score (nSPS) is 29.1. The maximum Gasteiger partial charge on any atom is 0.0702 e. The van der Waals surface area contributed by atoms with Crippen molar-refractivity contribution in [1.82, 2.24) is 9.96 Å². The highest BCUT2D eigenvalue weighted by Gasteiger charge is 2.24. The first-order chi connectivity index (χ1) is 7.74. The molecule has 1 atom stereocenters. The van der Waals surface area contributed by atoms with Crippen molar-refractivity contribution in [3.63, 3.8) is 0 Å². The van der Waals surface area contributed by atoms with Crippen molar-refractivity contribution in [2.75, 3.05) is 39.8 Å². The van der Waals surface area contributed by atoms with Gasteiger partial charge in [0.05, 0.1) is 6.10 Å². The van der Waals surface area contributed by atoms with E-state index in [9.17, 15) is 5.21 Å². The first-order valence-corrected chi connectivity index (χ1v) is 6.48. The minimum atomic E-state index is 0.483. The molecular formula is C12H24N2O2. The van der Waals surface area contributed by atoms with Gasteiger partial charge in [-0.2, -0.15) is 5.06 Å². The van der Waals surface area contributed by atoms with Gasteiger partial charge >= 0.3 is 0 Å².